The zero-order valence-corrected chi connectivity index (χ0v) is 17.8. The molecule has 1 N–H and O–H groups in total. The minimum atomic E-state index is -0.764. The molecule has 0 atom stereocenters. The summed E-state index contributed by atoms with van der Waals surface area (Å²) in [5.74, 6) is -1.58. The molecule has 1 saturated heterocycles. The van der Waals surface area contributed by atoms with Gasteiger partial charge >= 0.3 is 5.97 Å². The number of nitrogens with one attached hydrogen (secondary N) is 1. The lowest BCUT2D eigenvalue weighted by Gasteiger charge is -2.27. The lowest BCUT2D eigenvalue weighted by Crippen LogP contribution is -2.41. The Morgan fingerprint density at radius 1 is 1.16 bits per heavy atom. The predicted molar refractivity (Wildman–Crippen MR) is 115 cm³/mol. The molecule has 2 aromatic carbocycles. The zero-order valence-electron chi connectivity index (χ0n) is 17.8. The van der Waals surface area contributed by atoms with Gasteiger partial charge in [0.15, 0.2) is 0 Å². The normalized spacial score (nSPS) is 13.4. The summed E-state index contributed by atoms with van der Waals surface area (Å²) in [6.45, 7) is 5.32. The highest BCUT2D eigenvalue weighted by Crippen LogP contribution is 2.23. The highest BCUT2D eigenvalue weighted by atomic mass is 16.6. The van der Waals surface area contributed by atoms with Crippen molar-refractivity contribution in [1.82, 2.24) is 4.90 Å². The molecule has 2 aromatic rings. The molecule has 0 aliphatic carbocycles. The van der Waals surface area contributed by atoms with Gasteiger partial charge in [0.25, 0.3) is 17.5 Å². The molecule has 1 fully saturated rings. The SMILES string of the molecule is CCOC(=O)c1cc(C(=O)Nc2cccc(C(=O)N3CCOCC3)c2C)cc([N+](=O)[O-])c1. The lowest BCUT2D eigenvalue weighted by molar-refractivity contribution is -0.384. The van der Waals surface area contributed by atoms with Gasteiger partial charge in [-0.3, -0.25) is 19.7 Å². The van der Waals surface area contributed by atoms with Crippen molar-refractivity contribution in [3.8, 4) is 0 Å². The molecule has 32 heavy (non-hydrogen) atoms. The minimum Gasteiger partial charge on any atom is -0.462 e. The van der Waals surface area contributed by atoms with Crippen LogP contribution < -0.4 is 5.32 Å². The number of morpholine rings is 1. The number of nitro groups is 1. The molecule has 1 heterocycles. The van der Waals surface area contributed by atoms with Gasteiger partial charge in [-0.05, 0) is 37.6 Å². The number of benzene rings is 2. The van der Waals surface area contributed by atoms with Gasteiger partial charge in [-0.25, -0.2) is 4.79 Å². The van der Waals surface area contributed by atoms with Crippen molar-refractivity contribution in [3.63, 3.8) is 0 Å². The number of rotatable bonds is 6. The maximum absolute atomic E-state index is 12.9. The van der Waals surface area contributed by atoms with Crippen molar-refractivity contribution in [2.75, 3.05) is 38.2 Å². The number of amides is 2. The van der Waals surface area contributed by atoms with E-state index in [0.717, 1.165) is 12.1 Å². The Balaban J connectivity index is 1.88. The molecule has 1 aliphatic rings. The first kappa shape index (κ1) is 22.9. The molecule has 0 spiro atoms. The monoisotopic (exact) mass is 441 g/mol. The van der Waals surface area contributed by atoms with E-state index in [1.807, 2.05) is 0 Å². The fraction of sp³-hybridized carbons (Fsp3) is 0.318. The van der Waals surface area contributed by atoms with Gasteiger partial charge in [0.2, 0.25) is 0 Å². The highest BCUT2D eigenvalue weighted by molar-refractivity contribution is 6.07. The summed E-state index contributed by atoms with van der Waals surface area (Å²) in [6, 6.07) is 8.33. The third kappa shape index (κ3) is 5.09. The number of esters is 1. The van der Waals surface area contributed by atoms with Gasteiger partial charge in [-0.2, -0.15) is 0 Å². The van der Waals surface area contributed by atoms with Crippen LogP contribution in [0.3, 0.4) is 0 Å². The Hall–Kier alpha value is -3.79. The molecule has 0 radical (unpaired) electrons. The predicted octanol–water partition coefficient (Wildman–Crippen LogP) is 2.80. The first-order chi connectivity index (χ1) is 15.3. The molecule has 0 bridgehead atoms. The third-order valence-electron chi connectivity index (χ3n) is 5.01. The quantitative estimate of drug-likeness (QED) is 0.415. The van der Waals surface area contributed by atoms with Crippen LogP contribution in [0.25, 0.3) is 0 Å². The second-order valence-electron chi connectivity index (χ2n) is 7.08. The Bertz CT molecular complexity index is 1060. The minimum absolute atomic E-state index is 0.0773. The van der Waals surface area contributed by atoms with Crippen molar-refractivity contribution in [1.29, 1.82) is 0 Å². The van der Waals surface area contributed by atoms with Crippen molar-refractivity contribution >= 4 is 29.2 Å². The summed E-state index contributed by atoms with van der Waals surface area (Å²) in [4.78, 5) is 50.0. The standard InChI is InChI=1S/C22H23N3O7/c1-3-32-22(28)16-11-15(12-17(13-16)25(29)30)20(26)23-19-6-4-5-18(14(19)2)21(27)24-7-9-31-10-8-24/h4-6,11-13H,3,7-10H2,1-2H3,(H,23,26). The smallest absolute Gasteiger partial charge is 0.338 e. The largest absolute Gasteiger partial charge is 0.462 e. The van der Waals surface area contributed by atoms with E-state index in [1.54, 1.807) is 36.9 Å². The number of nitro benzene ring substituents is 1. The maximum atomic E-state index is 12.9. The summed E-state index contributed by atoms with van der Waals surface area (Å²) < 4.78 is 10.2. The van der Waals surface area contributed by atoms with Crippen LogP contribution >= 0.6 is 0 Å². The lowest BCUT2D eigenvalue weighted by atomic mass is 10.0. The number of carbonyl (C=O) groups is 3. The number of hydrogen-bond donors (Lipinski definition) is 1. The Morgan fingerprint density at radius 2 is 1.84 bits per heavy atom. The Kier molecular flexibility index (Phi) is 7.16. The number of ether oxygens (including phenoxy) is 2. The van der Waals surface area contributed by atoms with Crippen LogP contribution in [0.5, 0.6) is 0 Å². The van der Waals surface area contributed by atoms with Crippen LogP contribution in [-0.2, 0) is 9.47 Å². The molecule has 0 aromatic heterocycles. The van der Waals surface area contributed by atoms with Crippen molar-refractivity contribution in [3.05, 3.63) is 68.8 Å². The summed E-state index contributed by atoms with van der Waals surface area (Å²) in [6.07, 6.45) is 0. The molecule has 0 unspecified atom stereocenters. The van der Waals surface area contributed by atoms with E-state index in [1.165, 1.54) is 6.07 Å². The van der Waals surface area contributed by atoms with Crippen LogP contribution in [0, 0.1) is 17.0 Å². The molecule has 1 aliphatic heterocycles. The first-order valence-corrected chi connectivity index (χ1v) is 10.1. The van der Waals surface area contributed by atoms with Crippen LogP contribution in [0.15, 0.2) is 36.4 Å². The van der Waals surface area contributed by atoms with Gasteiger partial charge in [-0.1, -0.05) is 6.07 Å². The number of non-ortho nitro benzene ring substituents is 1. The fourth-order valence-corrected chi connectivity index (χ4v) is 3.31. The van der Waals surface area contributed by atoms with Crippen molar-refractivity contribution < 1.29 is 28.8 Å². The molecule has 10 nitrogen and oxygen atoms in total. The third-order valence-corrected chi connectivity index (χ3v) is 5.01. The van der Waals surface area contributed by atoms with Crippen LogP contribution in [0.2, 0.25) is 0 Å². The number of anilines is 1. The van der Waals surface area contributed by atoms with Crippen LogP contribution in [-0.4, -0.2) is 60.5 Å². The average molecular weight is 441 g/mol. The maximum Gasteiger partial charge on any atom is 0.338 e. The molecule has 3 rings (SSSR count). The van der Waals surface area contributed by atoms with Gasteiger partial charge in [-0.15, -0.1) is 0 Å². The average Bonchev–Trinajstić information content (AvgIpc) is 2.80. The van der Waals surface area contributed by atoms with Crippen molar-refractivity contribution in [2.24, 2.45) is 0 Å². The number of nitrogens with zero attached hydrogens (tertiary/aromatic N) is 2. The topological polar surface area (TPSA) is 128 Å². The summed E-state index contributed by atoms with van der Waals surface area (Å²) in [5, 5.41) is 13.9. The number of hydrogen-bond acceptors (Lipinski definition) is 7. The van der Waals surface area contributed by atoms with Crippen molar-refractivity contribution in [2.45, 2.75) is 13.8 Å². The van der Waals surface area contributed by atoms with Gasteiger partial charge in [0.05, 0.1) is 30.3 Å². The van der Waals surface area contributed by atoms with E-state index in [4.69, 9.17) is 9.47 Å². The first-order valence-electron chi connectivity index (χ1n) is 10.1. The van der Waals surface area contributed by atoms with E-state index in [-0.39, 0.29) is 23.6 Å². The fourth-order valence-electron chi connectivity index (χ4n) is 3.31. The highest BCUT2D eigenvalue weighted by Gasteiger charge is 2.23. The van der Waals surface area contributed by atoms with Gasteiger partial charge in [0.1, 0.15) is 0 Å². The Morgan fingerprint density at radius 3 is 2.50 bits per heavy atom. The van der Waals surface area contributed by atoms with Crippen LogP contribution in [0.4, 0.5) is 11.4 Å². The number of carbonyl (C=O) groups excluding carboxylic acids is 3. The zero-order chi connectivity index (χ0) is 23.3. The summed E-state index contributed by atoms with van der Waals surface area (Å²) >= 11 is 0. The van der Waals surface area contributed by atoms with E-state index >= 15 is 0 Å². The molecule has 10 heteroatoms. The summed E-state index contributed by atoms with van der Waals surface area (Å²) in [7, 11) is 0. The van der Waals surface area contributed by atoms with Crippen LogP contribution in [0.1, 0.15) is 43.6 Å². The van der Waals surface area contributed by atoms with Gasteiger partial charge in [0, 0.05) is 42.0 Å². The molecule has 2 amide bonds. The molecular formula is C22H23N3O7. The van der Waals surface area contributed by atoms with E-state index in [0.29, 0.717) is 43.1 Å². The second-order valence-corrected chi connectivity index (χ2v) is 7.08. The molecule has 0 saturated carbocycles. The van der Waals surface area contributed by atoms with Gasteiger partial charge < -0.3 is 19.7 Å². The second kappa shape index (κ2) is 10.0. The van der Waals surface area contributed by atoms with E-state index in [2.05, 4.69) is 5.32 Å². The van der Waals surface area contributed by atoms with E-state index < -0.39 is 22.5 Å². The van der Waals surface area contributed by atoms with E-state index in [9.17, 15) is 24.5 Å². The molecular weight excluding hydrogens is 418 g/mol. The molecule has 168 valence electrons. The Labute approximate surface area is 184 Å². The summed E-state index contributed by atoms with van der Waals surface area (Å²) in [5.41, 5.74) is 0.807.